The summed E-state index contributed by atoms with van der Waals surface area (Å²) in [5.74, 6) is 0.0706. The second-order valence-corrected chi connectivity index (χ2v) is 6.52. The molecule has 94 valence electrons. The Morgan fingerprint density at radius 1 is 1.53 bits per heavy atom. The second kappa shape index (κ2) is 5.95. The van der Waals surface area contributed by atoms with E-state index < -0.39 is 0 Å². The molecule has 1 atom stereocenters. The van der Waals surface area contributed by atoms with Gasteiger partial charge in [-0.2, -0.15) is 0 Å². The number of amides is 1. The van der Waals surface area contributed by atoms with Gasteiger partial charge in [-0.25, -0.2) is 0 Å². The van der Waals surface area contributed by atoms with Crippen LogP contribution in [0.4, 0.5) is 5.00 Å². The molecule has 0 aliphatic carbocycles. The Morgan fingerprint density at radius 3 is 2.82 bits per heavy atom. The van der Waals surface area contributed by atoms with Crippen molar-refractivity contribution in [3.05, 3.63) is 15.9 Å². The summed E-state index contributed by atoms with van der Waals surface area (Å²) in [6.45, 7) is 5.75. The molecule has 17 heavy (non-hydrogen) atoms. The first-order chi connectivity index (χ1) is 8.16. The SMILES string of the molecule is CC(C(=O)Nc1ccc(Br)s1)N1CCNCC1. The number of carbonyl (C=O) groups excluding carboxylic acids is 1. The number of rotatable bonds is 3. The maximum Gasteiger partial charge on any atom is 0.242 e. The average Bonchev–Trinajstić information content (AvgIpc) is 2.75. The molecule has 4 nitrogen and oxygen atoms in total. The van der Waals surface area contributed by atoms with Crippen molar-refractivity contribution >= 4 is 38.2 Å². The standard InChI is InChI=1S/C11H16BrN3OS/c1-8(15-6-4-13-5-7-15)11(16)14-10-3-2-9(12)17-10/h2-3,8,13H,4-7H2,1H3,(H,14,16). The van der Waals surface area contributed by atoms with Crippen molar-refractivity contribution in [2.75, 3.05) is 31.5 Å². The molecule has 1 saturated heterocycles. The number of hydrogen-bond donors (Lipinski definition) is 2. The lowest BCUT2D eigenvalue weighted by Crippen LogP contribution is -2.51. The van der Waals surface area contributed by atoms with Crippen molar-refractivity contribution in [2.24, 2.45) is 0 Å². The third kappa shape index (κ3) is 3.51. The Kier molecular flexibility index (Phi) is 4.55. The number of halogens is 1. The molecular formula is C11H16BrN3OS. The minimum absolute atomic E-state index is 0.0706. The van der Waals surface area contributed by atoms with Crippen LogP contribution in [0.3, 0.4) is 0 Å². The van der Waals surface area contributed by atoms with Crippen LogP contribution in [0.2, 0.25) is 0 Å². The van der Waals surface area contributed by atoms with E-state index in [1.54, 1.807) is 0 Å². The van der Waals surface area contributed by atoms with Crippen molar-refractivity contribution in [1.29, 1.82) is 0 Å². The number of carbonyl (C=O) groups is 1. The third-order valence-electron chi connectivity index (χ3n) is 2.90. The fourth-order valence-corrected chi connectivity index (χ4v) is 3.13. The number of hydrogen-bond acceptors (Lipinski definition) is 4. The third-order valence-corrected chi connectivity index (χ3v) is 4.44. The summed E-state index contributed by atoms with van der Waals surface area (Å²) in [4.78, 5) is 14.2. The summed E-state index contributed by atoms with van der Waals surface area (Å²) < 4.78 is 1.03. The largest absolute Gasteiger partial charge is 0.316 e. The van der Waals surface area contributed by atoms with Gasteiger partial charge in [0.05, 0.1) is 14.8 Å². The Labute approximate surface area is 114 Å². The number of anilines is 1. The van der Waals surface area contributed by atoms with Crippen LogP contribution in [0, 0.1) is 0 Å². The fourth-order valence-electron chi connectivity index (χ4n) is 1.84. The van der Waals surface area contributed by atoms with Gasteiger partial charge in [0, 0.05) is 26.2 Å². The van der Waals surface area contributed by atoms with Crippen molar-refractivity contribution in [3.8, 4) is 0 Å². The highest BCUT2D eigenvalue weighted by molar-refractivity contribution is 9.11. The first-order valence-corrected chi connectivity index (χ1v) is 7.29. The summed E-state index contributed by atoms with van der Waals surface area (Å²) in [5.41, 5.74) is 0. The zero-order valence-electron chi connectivity index (χ0n) is 9.70. The monoisotopic (exact) mass is 317 g/mol. The van der Waals surface area contributed by atoms with Gasteiger partial charge in [0.25, 0.3) is 0 Å². The van der Waals surface area contributed by atoms with E-state index in [2.05, 4.69) is 31.5 Å². The minimum Gasteiger partial charge on any atom is -0.316 e. The van der Waals surface area contributed by atoms with Crippen molar-refractivity contribution in [2.45, 2.75) is 13.0 Å². The van der Waals surface area contributed by atoms with E-state index in [-0.39, 0.29) is 11.9 Å². The van der Waals surface area contributed by atoms with Gasteiger partial charge in [-0.3, -0.25) is 9.69 Å². The molecule has 0 bridgehead atoms. The Balaban J connectivity index is 1.90. The molecular weight excluding hydrogens is 302 g/mol. The number of thiophene rings is 1. The molecule has 1 aliphatic rings. The molecule has 1 fully saturated rings. The lowest BCUT2D eigenvalue weighted by molar-refractivity contribution is -0.120. The normalized spacial score (nSPS) is 18.9. The van der Waals surface area contributed by atoms with E-state index in [1.165, 1.54) is 11.3 Å². The van der Waals surface area contributed by atoms with Gasteiger partial charge < -0.3 is 10.6 Å². The van der Waals surface area contributed by atoms with Gasteiger partial charge in [-0.1, -0.05) is 0 Å². The molecule has 2 rings (SSSR count). The van der Waals surface area contributed by atoms with Gasteiger partial charge in [0.2, 0.25) is 5.91 Å². The molecule has 0 spiro atoms. The molecule has 6 heteroatoms. The van der Waals surface area contributed by atoms with Crippen LogP contribution in [-0.4, -0.2) is 43.0 Å². The van der Waals surface area contributed by atoms with Crippen LogP contribution < -0.4 is 10.6 Å². The molecule has 0 radical (unpaired) electrons. The number of nitrogens with one attached hydrogen (secondary N) is 2. The average molecular weight is 318 g/mol. The van der Waals surface area contributed by atoms with Crippen LogP contribution in [0.15, 0.2) is 15.9 Å². The van der Waals surface area contributed by atoms with Crippen LogP contribution in [-0.2, 0) is 4.79 Å². The second-order valence-electron chi connectivity index (χ2n) is 4.05. The van der Waals surface area contributed by atoms with Gasteiger partial charge in [-0.15, -0.1) is 11.3 Å². The molecule has 2 heterocycles. The predicted molar refractivity (Wildman–Crippen MR) is 74.6 cm³/mol. The topological polar surface area (TPSA) is 44.4 Å². The molecule has 2 N–H and O–H groups in total. The van der Waals surface area contributed by atoms with E-state index >= 15 is 0 Å². The zero-order chi connectivity index (χ0) is 12.3. The lowest BCUT2D eigenvalue weighted by atomic mass is 10.2. The lowest BCUT2D eigenvalue weighted by Gasteiger charge is -2.31. The molecule has 1 aromatic rings. The highest BCUT2D eigenvalue weighted by Gasteiger charge is 2.22. The Morgan fingerprint density at radius 2 is 2.24 bits per heavy atom. The smallest absolute Gasteiger partial charge is 0.242 e. The highest BCUT2D eigenvalue weighted by Crippen LogP contribution is 2.26. The van der Waals surface area contributed by atoms with E-state index in [1.807, 2.05) is 19.1 Å². The summed E-state index contributed by atoms with van der Waals surface area (Å²) >= 11 is 4.92. The fraction of sp³-hybridized carbons (Fsp3) is 0.545. The first kappa shape index (κ1) is 13.0. The summed E-state index contributed by atoms with van der Waals surface area (Å²) in [7, 11) is 0. The zero-order valence-corrected chi connectivity index (χ0v) is 12.1. The molecule has 0 aromatic carbocycles. The quantitative estimate of drug-likeness (QED) is 0.892. The van der Waals surface area contributed by atoms with E-state index in [0.29, 0.717) is 0 Å². The summed E-state index contributed by atoms with van der Waals surface area (Å²) in [5, 5.41) is 7.12. The number of nitrogens with zero attached hydrogens (tertiary/aromatic N) is 1. The maximum atomic E-state index is 12.0. The first-order valence-electron chi connectivity index (χ1n) is 5.68. The highest BCUT2D eigenvalue weighted by atomic mass is 79.9. The molecule has 1 aliphatic heterocycles. The van der Waals surface area contributed by atoms with Crippen LogP contribution in [0.25, 0.3) is 0 Å². The van der Waals surface area contributed by atoms with Gasteiger partial charge >= 0.3 is 0 Å². The van der Waals surface area contributed by atoms with Crippen LogP contribution in [0.5, 0.6) is 0 Å². The van der Waals surface area contributed by atoms with Crippen molar-refractivity contribution in [3.63, 3.8) is 0 Å². The molecule has 1 amide bonds. The predicted octanol–water partition coefficient (Wildman–Crippen LogP) is 1.74. The Bertz CT molecular complexity index is 390. The summed E-state index contributed by atoms with van der Waals surface area (Å²) in [6, 6.07) is 3.78. The van der Waals surface area contributed by atoms with Crippen LogP contribution in [0.1, 0.15) is 6.92 Å². The van der Waals surface area contributed by atoms with Crippen LogP contribution >= 0.6 is 27.3 Å². The van der Waals surface area contributed by atoms with E-state index in [9.17, 15) is 4.79 Å². The van der Waals surface area contributed by atoms with Gasteiger partial charge in [0.15, 0.2) is 0 Å². The van der Waals surface area contributed by atoms with Gasteiger partial charge in [0.1, 0.15) is 0 Å². The summed E-state index contributed by atoms with van der Waals surface area (Å²) in [6.07, 6.45) is 0. The van der Waals surface area contributed by atoms with Gasteiger partial charge in [-0.05, 0) is 35.0 Å². The number of piperazine rings is 1. The van der Waals surface area contributed by atoms with Crippen molar-refractivity contribution in [1.82, 2.24) is 10.2 Å². The molecule has 1 unspecified atom stereocenters. The Hall–Kier alpha value is -0.430. The maximum absolute atomic E-state index is 12.0. The molecule has 1 aromatic heterocycles. The molecule has 0 saturated carbocycles. The van der Waals surface area contributed by atoms with E-state index in [4.69, 9.17) is 0 Å². The van der Waals surface area contributed by atoms with Crippen molar-refractivity contribution < 1.29 is 4.79 Å². The van der Waals surface area contributed by atoms with E-state index in [0.717, 1.165) is 35.0 Å². The minimum atomic E-state index is -0.0713.